The van der Waals surface area contributed by atoms with Crippen molar-refractivity contribution in [2.75, 3.05) is 46.3 Å². The minimum atomic E-state index is 0. The number of amides is 1. The lowest BCUT2D eigenvalue weighted by Crippen LogP contribution is -2.32. The van der Waals surface area contributed by atoms with Crippen LogP contribution in [0.25, 0.3) is 0 Å². The van der Waals surface area contributed by atoms with Gasteiger partial charge in [-0.15, -0.1) is 24.8 Å². The molecule has 0 aromatic heterocycles. The number of carbonyl (C=O) groups is 1. The third-order valence-corrected chi connectivity index (χ3v) is 5.40. The van der Waals surface area contributed by atoms with Gasteiger partial charge in [-0.2, -0.15) is 0 Å². The van der Waals surface area contributed by atoms with Crippen LogP contribution in [0.5, 0.6) is 0 Å². The van der Waals surface area contributed by atoms with Crippen molar-refractivity contribution < 1.29 is 4.79 Å². The second-order valence-corrected chi connectivity index (χ2v) is 7.56. The van der Waals surface area contributed by atoms with Crippen LogP contribution in [0, 0.1) is 17.8 Å². The summed E-state index contributed by atoms with van der Waals surface area (Å²) < 4.78 is 0. The molecule has 2 heterocycles. The van der Waals surface area contributed by atoms with E-state index in [1.54, 1.807) is 0 Å². The maximum atomic E-state index is 12.3. The number of nitrogens with zero attached hydrogens (tertiary/aromatic N) is 2. The van der Waals surface area contributed by atoms with Gasteiger partial charge in [0.15, 0.2) is 0 Å². The van der Waals surface area contributed by atoms with Crippen molar-refractivity contribution >= 4 is 30.7 Å². The van der Waals surface area contributed by atoms with Gasteiger partial charge in [0.05, 0.1) is 0 Å². The van der Waals surface area contributed by atoms with Gasteiger partial charge in [0.2, 0.25) is 5.91 Å². The summed E-state index contributed by atoms with van der Waals surface area (Å²) in [7, 11) is 2.25. The van der Waals surface area contributed by atoms with Gasteiger partial charge in [0.25, 0.3) is 0 Å². The molecule has 2 aliphatic heterocycles. The summed E-state index contributed by atoms with van der Waals surface area (Å²) in [4.78, 5) is 16.9. The predicted molar refractivity (Wildman–Crippen MR) is 99.6 cm³/mol. The Balaban J connectivity index is 0.00000132. The predicted octanol–water partition coefficient (Wildman–Crippen LogP) is 2.41. The third-order valence-electron chi connectivity index (χ3n) is 5.40. The van der Waals surface area contributed by atoms with Gasteiger partial charge in [-0.05, 0) is 70.0 Å². The summed E-state index contributed by atoms with van der Waals surface area (Å²) in [6.45, 7) is 6.67. The van der Waals surface area contributed by atoms with Crippen LogP contribution in [0.4, 0.5) is 0 Å². The molecule has 2 saturated heterocycles. The summed E-state index contributed by atoms with van der Waals surface area (Å²) in [5.74, 6) is 2.80. The number of rotatable bonds is 7. The molecule has 0 radical (unpaired) electrons. The average Bonchev–Trinajstić information content (AvgIpc) is 2.95. The van der Waals surface area contributed by atoms with Gasteiger partial charge < -0.3 is 15.1 Å². The van der Waals surface area contributed by atoms with Crippen LogP contribution in [0.15, 0.2) is 0 Å². The third kappa shape index (κ3) is 6.77. The fourth-order valence-electron chi connectivity index (χ4n) is 3.91. The molecule has 1 N–H and O–H groups in total. The molecule has 0 bridgehead atoms. The van der Waals surface area contributed by atoms with Crippen LogP contribution < -0.4 is 5.32 Å². The Labute approximate surface area is 153 Å². The van der Waals surface area contributed by atoms with E-state index in [0.29, 0.717) is 11.8 Å². The topological polar surface area (TPSA) is 35.6 Å². The quantitative estimate of drug-likeness (QED) is 0.752. The maximum Gasteiger partial charge on any atom is 0.222 e. The van der Waals surface area contributed by atoms with E-state index < -0.39 is 0 Å². The van der Waals surface area contributed by atoms with Crippen molar-refractivity contribution in [2.24, 2.45) is 17.8 Å². The SMILES string of the molecule is CN(CC1CC1)CC1CCN(C(=O)CCC2CCNC2)C1.Cl.Cl. The Morgan fingerprint density at radius 3 is 2.48 bits per heavy atom. The highest BCUT2D eigenvalue weighted by atomic mass is 35.5. The van der Waals surface area contributed by atoms with E-state index in [1.165, 1.54) is 38.8 Å². The van der Waals surface area contributed by atoms with Crippen LogP contribution in [-0.4, -0.2) is 62.0 Å². The van der Waals surface area contributed by atoms with Crippen molar-refractivity contribution in [1.29, 1.82) is 0 Å². The molecule has 1 saturated carbocycles. The van der Waals surface area contributed by atoms with Crippen molar-refractivity contribution in [3.05, 3.63) is 0 Å². The number of hydrogen-bond acceptors (Lipinski definition) is 3. The molecule has 6 heteroatoms. The van der Waals surface area contributed by atoms with E-state index in [0.717, 1.165) is 50.9 Å². The van der Waals surface area contributed by atoms with Crippen LogP contribution in [0.3, 0.4) is 0 Å². The first kappa shape index (κ1) is 21.0. The van der Waals surface area contributed by atoms with Crippen LogP contribution in [0.1, 0.15) is 38.5 Å². The van der Waals surface area contributed by atoms with Gasteiger partial charge in [-0.3, -0.25) is 4.79 Å². The lowest BCUT2D eigenvalue weighted by atomic mass is 10.0. The molecule has 1 aliphatic carbocycles. The molecule has 0 aromatic carbocycles. The molecule has 3 rings (SSSR count). The lowest BCUT2D eigenvalue weighted by molar-refractivity contribution is -0.130. The molecular formula is C17H33Cl2N3O. The molecule has 23 heavy (non-hydrogen) atoms. The van der Waals surface area contributed by atoms with E-state index >= 15 is 0 Å². The van der Waals surface area contributed by atoms with Crippen molar-refractivity contribution in [2.45, 2.75) is 38.5 Å². The van der Waals surface area contributed by atoms with Gasteiger partial charge in [-0.25, -0.2) is 0 Å². The largest absolute Gasteiger partial charge is 0.342 e. The number of halogens is 2. The Hall–Kier alpha value is -0.0300. The Morgan fingerprint density at radius 2 is 1.83 bits per heavy atom. The molecule has 2 unspecified atom stereocenters. The number of likely N-dealkylation sites (tertiary alicyclic amines) is 1. The van der Waals surface area contributed by atoms with E-state index in [-0.39, 0.29) is 24.8 Å². The highest BCUT2D eigenvalue weighted by molar-refractivity contribution is 5.85. The van der Waals surface area contributed by atoms with Crippen molar-refractivity contribution in [3.8, 4) is 0 Å². The van der Waals surface area contributed by atoms with E-state index in [9.17, 15) is 4.79 Å². The van der Waals surface area contributed by atoms with Crippen LogP contribution in [-0.2, 0) is 4.79 Å². The Morgan fingerprint density at radius 1 is 1.09 bits per heavy atom. The summed E-state index contributed by atoms with van der Waals surface area (Å²) >= 11 is 0. The fourth-order valence-corrected chi connectivity index (χ4v) is 3.91. The highest BCUT2D eigenvalue weighted by Crippen LogP contribution is 2.30. The van der Waals surface area contributed by atoms with Gasteiger partial charge in [0, 0.05) is 32.6 Å². The zero-order valence-electron chi connectivity index (χ0n) is 14.3. The lowest BCUT2D eigenvalue weighted by Gasteiger charge is -2.21. The molecule has 3 fully saturated rings. The van der Waals surface area contributed by atoms with Gasteiger partial charge in [0.1, 0.15) is 0 Å². The second kappa shape index (κ2) is 10.1. The number of hydrogen-bond donors (Lipinski definition) is 1. The van der Waals surface area contributed by atoms with Crippen LogP contribution in [0.2, 0.25) is 0 Å². The first-order chi connectivity index (χ1) is 10.2. The molecule has 2 atom stereocenters. The minimum Gasteiger partial charge on any atom is -0.342 e. The minimum absolute atomic E-state index is 0. The molecular weight excluding hydrogens is 333 g/mol. The average molecular weight is 366 g/mol. The zero-order chi connectivity index (χ0) is 14.7. The first-order valence-corrected chi connectivity index (χ1v) is 8.87. The summed E-state index contributed by atoms with van der Waals surface area (Å²) in [6, 6.07) is 0. The monoisotopic (exact) mass is 365 g/mol. The van der Waals surface area contributed by atoms with E-state index in [1.807, 2.05) is 0 Å². The highest BCUT2D eigenvalue weighted by Gasteiger charge is 2.29. The summed E-state index contributed by atoms with van der Waals surface area (Å²) in [5, 5.41) is 3.38. The molecule has 0 aromatic rings. The molecule has 0 spiro atoms. The standard InChI is InChI=1S/C17H31N3O.2ClH/c1-19(11-15-2-3-15)12-16-7-9-20(13-16)17(21)5-4-14-6-8-18-10-14;;/h14-16,18H,2-13H2,1H3;2*1H. The molecule has 1 amide bonds. The van der Waals surface area contributed by atoms with E-state index in [2.05, 4.69) is 22.2 Å². The first-order valence-electron chi connectivity index (χ1n) is 8.87. The summed E-state index contributed by atoms with van der Waals surface area (Å²) in [6.07, 6.45) is 7.14. The fraction of sp³-hybridized carbons (Fsp3) is 0.941. The zero-order valence-corrected chi connectivity index (χ0v) is 16.0. The molecule has 3 aliphatic rings. The number of carbonyl (C=O) groups excluding carboxylic acids is 1. The normalized spacial score (nSPS) is 27.0. The molecule has 136 valence electrons. The van der Waals surface area contributed by atoms with Gasteiger partial charge in [-0.1, -0.05) is 0 Å². The van der Waals surface area contributed by atoms with E-state index in [4.69, 9.17) is 0 Å². The van der Waals surface area contributed by atoms with Crippen LogP contribution >= 0.6 is 24.8 Å². The summed E-state index contributed by atoms with van der Waals surface area (Å²) in [5.41, 5.74) is 0. The van der Waals surface area contributed by atoms with Crippen molar-refractivity contribution in [3.63, 3.8) is 0 Å². The Kier molecular flexibility index (Phi) is 9.20. The van der Waals surface area contributed by atoms with Gasteiger partial charge >= 0.3 is 0 Å². The Bertz CT molecular complexity index is 360. The maximum absolute atomic E-state index is 12.3. The number of nitrogens with one attached hydrogen (secondary N) is 1. The smallest absolute Gasteiger partial charge is 0.222 e. The van der Waals surface area contributed by atoms with Crippen molar-refractivity contribution in [1.82, 2.24) is 15.1 Å². The molecule has 4 nitrogen and oxygen atoms in total. The second-order valence-electron chi connectivity index (χ2n) is 7.56.